The first kappa shape index (κ1) is 18.4. The van der Waals surface area contributed by atoms with Gasteiger partial charge in [-0.1, -0.05) is 0 Å². The van der Waals surface area contributed by atoms with E-state index in [4.69, 9.17) is 5.73 Å². The third-order valence-corrected chi connectivity index (χ3v) is 4.35. The van der Waals surface area contributed by atoms with Crippen LogP contribution in [-0.4, -0.2) is 39.2 Å². The summed E-state index contributed by atoms with van der Waals surface area (Å²) in [7, 11) is -2.35. The number of carbonyl (C=O) groups excluding carboxylic acids is 2. The van der Waals surface area contributed by atoms with Crippen LogP contribution in [0.4, 0.5) is 5.69 Å². The third kappa shape index (κ3) is 3.96. The average molecular weight is 349 g/mol. The number of esters is 1. The molecule has 1 fully saturated rings. The van der Waals surface area contributed by atoms with E-state index in [0.717, 1.165) is 6.26 Å². The lowest BCUT2D eigenvalue weighted by molar-refractivity contribution is -0.118. The van der Waals surface area contributed by atoms with Crippen molar-refractivity contribution in [2.24, 2.45) is 5.73 Å². The maximum Gasteiger partial charge on any atom is 0.337 e. The number of benzene rings is 1. The second kappa shape index (κ2) is 6.23. The van der Waals surface area contributed by atoms with Crippen LogP contribution in [0, 0.1) is 0 Å². The quantitative estimate of drug-likeness (QED) is 0.775. The summed E-state index contributed by atoms with van der Waals surface area (Å²) >= 11 is 0. The van der Waals surface area contributed by atoms with Crippen LogP contribution in [0.2, 0.25) is 0 Å². The number of anilines is 1. The first-order valence-electron chi connectivity index (χ1n) is 6.19. The highest BCUT2D eigenvalue weighted by atomic mass is 35.5. The van der Waals surface area contributed by atoms with Crippen molar-refractivity contribution in [2.45, 2.75) is 23.3 Å². The van der Waals surface area contributed by atoms with Crippen LogP contribution in [0.5, 0.6) is 0 Å². The largest absolute Gasteiger partial charge is 0.465 e. The predicted octanol–water partition coefficient (Wildman–Crippen LogP) is 0.728. The fraction of sp³-hybridized carbons (Fsp3) is 0.385. The number of sulfone groups is 1. The van der Waals surface area contributed by atoms with Gasteiger partial charge < -0.3 is 15.8 Å². The number of nitrogens with two attached hydrogens (primary N) is 1. The van der Waals surface area contributed by atoms with E-state index < -0.39 is 27.3 Å². The number of hydrogen-bond acceptors (Lipinski definition) is 6. The van der Waals surface area contributed by atoms with E-state index in [1.54, 1.807) is 0 Å². The molecule has 2 rings (SSSR count). The standard InChI is InChI=1S/C13H16N2O5S.ClH/c1-20-11(16)8-5-9(7-10(6-8)21(2,18)19)15-12(17)13(14)3-4-13;/h5-7H,3-4,14H2,1-2H3,(H,15,17);1H. The smallest absolute Gasteiger partial charge is 0.337 e. The molecule has 1 aliphatic rings. The summed E-state index contributed by atoms with van der Waals surface area (Å²) in [5.41, 5.74) is 5.10. The normalized spacial score (nSPS) is 15.4. The predicted molar refractivity (Wildman–Crippen MR) is 82.9 cm³/mol. The van der Waals surface area contributed by atoms with Gasteiger partial charge in [0.1, 0.15) is 0 Å². The van der Waals surface area contributed by atoms with Crippen LogP contribution >= 0.6 is 12.4 Å². The van der Waals surface area contributed by atoms with Crippen LogP contribution in [0.15, 0.2) is 23.1 Å². The molecule has 0 aliphatic heterocycles. The molecule has 0 heterocycles. The number of rotatable bonds is 4. The lowest BCUT2D eigenvalue weighted by atomic mass is 10.2. The molecule has 1 amide bonds. The van der Waals surface area contributed by atoms with Gasteiger partial charge in [-0.05, 0) is 31.0 Å². The molecule has 7 nitrogen and oxygen atoms in total. The molecule has 1 saturated carbocycles. The molecule has 0 saturated heterocycles. The van der Waals surface area contributed by atoms with Crippen LogP contribution in [0.25, 0.3) is 0 Å². The Morgan fingerprint density at radius 2 is 1.86 bits per heavy atom. The summed E-state index contributed by atoms with van der Waals surface area (Å²) in [5.74, 6) is -1.09. The second-order valence-corrected chi connectivity index (χ2v) is 7.14. The van der Waals surface area contributed by atoms with E-state index >= 15 is 0 Å². The fourth-order valence-electron chi connectivity index (χ4n) is 1.74. The van der Waals surface area contributed by atoms with Gasteiger partial charge in [0.05, 0.1) is 23.1 Å². The highest BCUT2D eigenvalue weighted by molar-refractivity contribution is 7.90. The molecule has 122 valence electrons. The molecule has 1 aliphatic carbocycles. The van der Waals surface area contributed by atoms with Crippen molar-refractivity contribution in [3.63, 3.8) is 0 Å². The Labute approximate surface area is 134 Å². The summed E-state index contributed by atoms with van der Waals surface area (Å²) < 4.78 is 27.9. The van der Waals surface area contributed by atoms with E-state index in [9.17, 15) is 18.0 Å². The highest BCUT2D eigenvalue weighted by Gasteiger charge is 2.46. The maximum atomic E-state index is 11.9. The van der Waals surface area contributed by atoms with E-state index in [2.05, 4.69) is 10.1 Å². The minimum Gasteiger partial charge on any atom is -0.465 e. The van der Waals surface area contributed by atoms with E-state index in [0.29, 0.717) is 12.8 Å². The zero-order valence-electron chi connectivity index (χ0n) is 12.1. The van der Waals surface area contributed by atoms with Crippen molar-refractivity contribution in [2.75, 3.05) is 18.7 Å². The number of nitrogens with one attached hydrogen (secondary N) is 1. The molecule has 0 atom stereocenters. The summed E-state index contributed by atoms with van der Waals surface area (Å²) in [6, 6.07) is 3.84. The lowest BCUT2D eigenvalue weighted by Gasteiger charge is -2.12. The van der Waals surface area contributed by atoms with Crippen LogP contribution < -0.4 is 11.1 Å². The Bertz CT molecular complexity index is 713. The Morgan fingerprint density at radius 3 is 2.32 bits per heavy atom. The average Bonchev–Trinajstić information content (AvgIpc) is 3.16. The van der Waals surface area contributed by atoms with Crippen molar-refractivity contribution in [1.29, 1.82) is 0 Å². The molecule has 3 N–H and O–H groups in total. The molecule has 0 aromatic heterocycles. The van der Waals surface area contributed by atoms with Gasteiger partial charge in [0, 0.05) is 11.9 Å². The van der Waals surface area contributed by atoms with Crippen LogP contribution in [0.3, 0.4) is 0 Å². The topological polar surface area (TPSA) is 116 Å². The Kier molecular flexibility index (Phi) is 5.21. The van der Waals surface area contributed by atoms with Crippen LogP contribution in [0.1, 0.15) is 23.2 Å². The van der Waals surface area contributed by atoms with Gasteiger partial charge in [-0.3, -0.25) is 4.79 Å². The first-order chi connectivity index (χ1) is 9.65. The van der Waals surface area contributed by atoms with Gasteiger partial charge in [-0.25, -0.2) is 13.2 Å². The minimum atomic E-state index is -3.54. The molecule has 0 unspecified atom stereocenters. The number of methoxy groups -OCH3 is 1. The lowest BCUT2D eigenvalue weighted by Crippen LogP contribution is -2.37. The van der Waals surface area contributed by atoms with Crippen molar-refractivity contribution in [1.82, 2.24) is 0 Å². The van der Waals surface area contributed by atoms with Crippen LogP contribution in [-0.2, 0) is 19.4 Å². The Hall–Kier alpha value is -1.64. The zero-order valence-corrected chi connectivity index (χ0v) is 13.7. The third-order valence-electron chi connectivity index (χ3n) is 3.25. The van der Waals surface area contributed by atoms with Gasteiger partial charge in [0.25, 0.3) is 0 Å². The van der Waals surface area contributed by atoms with Crippen molar-refractivity contribution < 1.29 is 22.7 Å². The summed E-state index contributed by atoms with van der Waals surface area (Å²) in [5, 5.41) is 2.54. The monoisotopic (exact) mass is 348 g/mol. The number of amides is 1. The molecule has 9 heteroatoms. The van der Waals surface area contributed by atoms with Crippen molar-refractivity contribution in [3.05, 3.63) is 23.8 Å². The molecule has 0 spiro atoms. The van der Waals surface area contributed by atoms with E-state index in [1.807, 2.05) is 0 Å². The fourth-order valence-corrected chi connectivity index (χ4v) is 2.42. The molecule has 1 aromatic rings. The molecule has 0 bridgehead atoms. The molecule has 0 radical (unpaired) electrons. The molecule has 22 heavy (non-hydrogen) atoms. The summed E-state index contributed by atoms with van der Waals surface area (Å²) in [6.07, 6.45) is 2.17. The molecular weight excluding hydrogens is 332 g/mol. The van der Waals surface area contributed by atoms with E-state index in [-0.39, 0.29) is 28.6 Å². The Morgan fingerprint density at radius 1 is 1.27 bits per heavy atom. The number of carbonyl (C=O) groups is 2. The summed E-state index contributed by atoms with van der Waals surface area (Å²) in [6.45, 7) is 0. The second-order valence-electron chi connectivity index (χ2n) is 5.12. The Balaban J connectivity index is 0.00000242. The number of hydrogen-bond donors (Lipinski definition) is 2. The van der Waals surface area contributed by atoms with Gasteiger partial charge in [-0.2, -0.15) is 0 Å². The molecule has 1 aromatic carbocycles. The van der Waals surface area contributed by atoms with Crippen molar-refractivity contribution >= 4 is 39.8 Å². The zero-order chi connectivity index (χ0) is 15.8. The minimum absolute atomic E-state index is 0. The van der Waals surface area contributed by atoms with Gasteiger partial charge in [-0.15, -0.1) is 12.4 Å². The SMILES string of the molecule is COC(=O)c1cc(NC(=O)C2(N)CC2)cc(S(C)(=O)=O)c1.Cl. The van der Waals surface area contributed by atoms with Crippen molar-refractivity contribution in [3.8, 4) is 0 Å². The first-order valence-corrected chi connectivity index (χ1v) is 8.09. The van der Waals surface area contributed by atoms with Gasteiger partial charge in [0.2, 0.25) is 5.91 Å². The van der Waals surface area contributed by atoms with E-state index in [1.165, 1.54) is 25.3 Å². The van der Waals surface area contributed by atoms with Gasteiger partial charge in [0.15, 0.2) is 9.84 Å². The number of ether oxygens (including phenoxy) is 1. The van der Waals surface area contributed by atoms with Gasteiger partial charge >= 0.3 is 5.97 Å². The highest BCUT2D eigenvalue weighted by Crippen LogP contribution is 2.33. The maximum absolute atomic E-state index is 11.9. The number of halogens is 1. The summed E-state index contributed by atoms with van der Waals surface area (Å²) in [4.78, 5) is 23.4. The molecular formula is C13H17ClN2O5S.